The Balaban J connectivity index is 2.27. The van der Waals surface area contributed by atoms with Gasteiger partial charge in [-0.15, -0.1) is 0 Å². The zero-order valence-corrected chi connectivity index (χ0v) is 8.84. The van der Waals surface area contributed by atoms with Crippen LogP contribution in [0.3, 0.4) is 0 Å². The second-order valence-electron chi connectivity index (χ2n) is 4.20. The molecule has 0 bridgehead atoms. The largest absolute Gasteiger partial charge is 0.477 e. The lowest BCUT2D eigenvalue weighted by atomic mass is 10.3. The lowest BCUT2D eigenvalue weighted by Gasteiger charge is -2.00. The number of carbonyl (C=O) groups is 1. The molecule has 0 aromatic carbocycles. The molecule has 0 spiro atoms. The third-order valence-corrected chi connectivity index (χ3v) is 2.79. The smallest absolute Gasteiger partial charge is 0.354 e. The van der Waals surface area contributed by atoms with Gasteiger partial charge >= 0.3 is 5.97 Å². The summed E-state index contributed by atoms with van der Waals surface area (Å²) in [4.78, 5) is 15.4. The van der Waals surface area contributed by atoms with E-state index in [1.165, 1.54) is 4.52 Å². The minimum Gasteiger partial charge on any atom is -0.477 e. The molecule has 0 atom stereocenters. The molecule has 2 aromatic rings. The second kappa shape index (κ2) is 3.04. The zero-order valence-electron chi connectivity index (χ0n) is 8.84. The SMILES string of the molecule is Cc1cc(C(=O)O)n2nc(C3CC3)cc2n1. The van der Waals surface area contributed by atoms with Crippen LogP contribution < -0.4 is 0 Å². The van der Waals surface area contributed by atoms with Crippen LogP contribution in [0.2, 0.25) is 0 Å². The number of nitrogens with zero attached hydrogens (tertiary/aromatic N) is 3. The molecule has 0 unspecified atom stereocenters. The molecule has 5 heteroatoms. The van der Waals surface area contributed by atoms with Crippen molar-refractivity contribution in [3.05, 3.63) is 29.2 Å². The van der Waals surface area contributed by atoms with Crippen molar-refractivity contribution in [2.45, 2.75) is 25.7 Å². The standard InChI is InChI=1S/C11H11N3O2/c1-6-4-9(11(15)16)14-10(12-6)5-8(13-14)7-2-3-7/h4-5,7H,2-3H2,1H3,(H,15,16). The van der Waals surface area contributed by atoms with Crippen molar-refractivity contribution < 1.29 is 9.90 Å². The number of carboxylic acids is 1. The Morgan fingerprint density at radius 3 is 2.88 bits per heavy atom. The van der Waals surface area contributed by atoms with Crippen LogP contribution in [-0.4, -0.2) is 25.7 Å². The van der Waals surface area contributed by atoms with Gasteiger partial charge in [0, 0.05) is 17.7 Å². The van der Waals surface area contributed by atoms with Crippen molar-refractivity contribution in [1.82, 2.24) is 14.6 Å². The molecule has 82 valence electrons. The van der Waals surface area contributed by atoms with Gasteiger partial charge in [-0.3, -0.25) is 0 Å². The topological polar surface area (TPSA) is 67.5 Å². The highest BCUT2D eigenvalue weighted by Gasteiger charge is 2.27. The number of aromatic carboxylic acids is 1. The molecule has 2 aromatic heterocycles. The van der Waals surface area contributed by atoms with E-state index in [2.05, 4.69) is 10.1 Å². The number of aromatic nitrogens is 3. The van der Waals surface area contributed by atoms with Gasteiger partial charge in [0.25, 0.3) is 0 Å². The van der Waals surface area contributed by atoms with Gasteiger partial charge in [-0.2, -0.15) is 5.10 Å². The molecule has 5 nitrogen and oxygen atoms in total. The molecule has 1 N–H and O–H groups in total. The molecule has 1 fully saturated rings. The molecule has 1 saturated carbocycles. The maximum atomic E-state index is 11.1. The van der Waals surface area contributed by atoms with Crippen molar-refractivity contribution in [3.8, 4) is 0 Å². The Bertz CT molecular complexity index is 584. The van der Waals surface area contributed by atoms with Gasteiger partial charge in [0.15, 0.2) is 11.3 Å². The lowest BCUT2D eigenvalue weighted by Crippen LogP contribution is -2.08. The first-order valence-electron chi connectivity index (χ1n) is 5.26. The maximum absolute atomic E-state index is 11.1. The predicted molar refractivity (Wildman–Crippen MR) is 56.7 cm³/mol. The molecule has 0 amide bonds. The fourth-order valence-corrected chi connectivity index (χ4v) is 1.85. The highest BCUT2D eigenvalue weighted by molar-refractivity contribution is 5.86. The van der Waals surface area contributed by atoms with E-state index < -0.39 is 5.97 Å². The molecule has 1 aliphatic rings. The van der Waals surface area contributed by atoms with Gasteiger partial charge in [0.1, 0.15) is 0 Å². The van der Waals surface area contributed by atoms with Crippen molar-refractivity contribution in [2.75, 3.05) is 0 Å². The predicted octanol–water partition coefficient (Wildman–Crippen LogP) is 1.61. The third kappa shape index (κ3) is 1.36. The fourth-order valence-electron chi connectivity index (χ4n) is 1.85. The van der Waals surface area contributed by atoms with E-state index in [0.717, 1.165) is 18.5 Å². The monoisotopic (exact) mass is 217 g/mol. The average molecular weight is 217 g/mol. The molecule has 2 heterocycles. The maximum Gasteiger partial charge on any atom is 0.354 e. The highest BCUT2D eigenvalue weighted by Crippen LogP contribution is 2.39. The van der Waals surface area contributed by atoms with Crippen LogP contribution in [0.5, 0.6) is 0 Å². The number of rotatable bonds is 2. The summed E-state index contributed by atoms with van der Waals surface area (Å²) in [5, 5.41) is 13.4. The molecule has 3 rings (SSSR count). The van der Waals surface area contributed by atoms with E-state index in [4.69, 9.17) is 5.11 Å². The van der Waals surface area contributed by atoms with Crippen LogP contribution in [0, 0.1) is 6.92 Å². The zero-order chi connectivity index (χ0) is 11.3. The molecule has 0 radical (unpaired) electrons. The van der Waals surface area contributed by atoms with E-state index in [-0.39, 0.29) is 5.69 Å². The molecular formula is C11H11N3O2. The Kier molecular flexibility index (Phi) is 1.77. The van der Waals surface area contributed by atoms with Crippen molar-refractivity contribution >= 4 is 11.6 Å². The molecule has 1 aliphatic carbocycles. The highest BCUT2D eigenvalue weighted by atomic mass is 16.4. The summed E-state index contributed by atoms with van der Waals surface area (Å²) in [5.41, 5.74) is 2.46. The minimum atomic E-state index is -0.971. The summed E-state index contributed by atoms with van der Waals surface area (Å²) in [6.45, 7) is 1.79. The van der Waals surface area contributed by atoms with Gasteiger partial charge in [-0.05, 0) is 25.8 Å². The first-order valence-corrected chi connectivity index (χ1v) is 5.26. The van der Waals surface area contributed by atoms with Crippen LogP contribution >= 0.6 is 0 Å². The molecule has 0 saturated heterocycles. The summed E-state index contributed by atoms with van der Waals surface area (Å²) in [5.74, 6) is -0.468. The normalized spacial score (nSPS) is 15.6. The second-order valence-corrected chi connectivity index (χ2v) is 4.20. The number of fused-ring (bicyclic) bond motifs is 1. The van der Waals surface area contributed by atoms with Gasteiger partial charge in [-0.1, -0.05) is 0 Å². The quantitative estimate of drug-likeness (QED) is 0.829. The molecule has 0 aliphatic heterocycles. The van der Waals surface area contributed by atoms with E-state index in [1.54, 1.807) is 13.0 Å². The number of hydrogen-bond acceptors (Lipinski definition) is 3. The molecular weight excluding hydrogens is 206 g/mol. The van der Waals surface area contributed by atoms with Gasteiger partial charge in [0.2, 0.25) is 0 Å². The Hall–Kier alpha value is -1.91. The average Bonchev–Trinajstić information content (AvgIpc) is 2.98. The summed E-state index contributed by atoms with van der Waals surface area (Å²) in [6.07, 6.45) is 2.29. The van der Waals surface area contributed by atoms with E-state index >= 15 is 0 Å². The Labute approximate surface area is 91.7 Å². The van der Waals surface area contributed by atoms with Gasteiger partial charge < -0.3 is 5.11 Å². The summed E-state index contributed by atoms with van der Waals surface area (Å²) in [6, 6.07) is 3.43. The first kappa shape index (κ1) is 9.33. The first-order chi connectivity index (χ1) is 7.65. The third-order valence-electron chi connectivity index (χ3n) is 2.79. The lowest BCUT2D eigenvalue weighted by molar-refractivity contribution is 0.0687. The number of carboxylic acid groups (broad SMARTS) is 1. The van der Waals surface area contributed by atoms with Crippen molar-refractivity contribution in [3.63, 3.8) is 0 Å². The fraction of sp³-hybridized carbons (Fsp3) is 0.364. The van der Waals surface area contributed by atoms with Crippen molar-refractivity contribution in [1.29, 1.82) is 0 Å². The van der Waals surface area contributed by atoms with Crippen LogP contribution in [0.4, 0.5) is 0 Å². The van der Waals surface area contributed by atoms with Crippen LogP contribution in [0.1, 0.15) is 40.6 Å². The number of aryl methyl sites for hydroxylation is 1. The van der Waals surface area contributed by atoms with Crippen LogP contribution in [-0.2, 0) is 0 Å². The molecule has 16 heavy (non-hydrogen) atoms. The van der Waals surface area contributed by atoms with Crippen molar-refractivity contribution in [2.24, 2.45) is 0 Å². The Morgan fingerprint density at radius 2 is 2.25 bits per heavy atom. The van der Waals surface area contributed by atoms with E-state index in [9.17, 15) is 4.79 Å². The van der Waals surface area contributed by atoms with E-state index in [0.29, 0.717) is 17.3 Å². The van der Waals surface area contributed by atoms with Gasteiger partial charge in [0.05, 0.1) is 5.69 Å². The van der Waals surface area contributed by atoms with Crippen LogP contribution in [0.15, 0.2) is 12.1 Å². The Morgan fingerprint density at radius 1 is 1.50 bits per heavy atom. The van der Waals surface area contributed by atoms with Crippen LogP contribution in [0.25, 0.3) is 5.65 Å². The summed E-state index contributed by atoms with van der Waals surface area (Å²) >= 11 is 0. The van der Waals surface area contributed by atoms with Gasteiger partial charge in [-0.25, -0.2) is 14.3 Å². The summed E-state index contributed by atoms with van der Waals surface area (Å²) < 4.78 is 1.42. The van der Waals surface area contributed by atoms with E-state index in [1.807, 2.05) is 6.07 Å². The number of hydrogen-bond donors (Lipinski definition) is 1. The minimum absolute atomic E-state index is 0.175. The summed E-state index contributed by atoms with van der Waals surface area (Å²) in [7, 11) is 0.